The Morgan fingerprint density at radius 1 is 0.475 bits per heavy atom. The van der Waals surface area contributed by atoms with Gasteiger partial charge in [-0.05, 0) is 127 Å². The van der Waals surface area contributed by atoms with Crippen molar-refractivity contribution in [2.45, 2.75) is 25.7 Å². The first-order valence-corrected chi connectivity index (χ1v) is 21.3. The van der Waals surface area contributed by atoms with Crippen LogP contribution in [0.1, 0.15) is 24.1 Å². The summed E-state index contributed by atoms with van der Waals surface area (Å²) in [5.74, 6) is 0.304. The van der Waals surface area contributed by atoms with Gasteiger partial charge in [-0.3, -0.25) is 0 Å². The second-order valence-electron chi connectivity index (χ2n) is 16.0. The summed E-state index contributed by atoms with van der Waals surface area (Å²) in [6.45, 7) is 0. The van der Waals surface area contributed by atoms with E-state index in [9.17, 15) is 5.11 Å². The zero-order valence-corrected chi connectivity index (χ0v) is 32.9. The average Bonchev–Trinajstić information content (AvgIpc) is 4.03. The Bertz CT molecular complexity index is 3710. The molecule has 0 amide bonds. The van der Waals surface area contributed by atoms with E-state index in [0.717, 1.165) is 51.6 Å². The molecule has 0 aliphatic heterocycles. The first-order chi connectivity index (χ1) is 29.2. The Morgan fingerprint density at radius 2 is 1.22 bits per heavy atom. The van der Waals surface area contributed by atoms with Crippen LogP contribution in [0, 0.1) is 0 Å². The van der Waals surface area contributed by atoms with Crippen LogP contribution in [0.25, 0.3) is 108 Å². The van der Waals surface area contributed by atoms with Crippen LogP contribution in [0.4, 0.5) is 0 Å². The van der Waals surface area contributed by atoms with Crippen LogP contribution in [0.2, 0.25) is 0 Å². The summed E-state index contributed by atoms with van der Waals surface area (Å²) in [6.07, 6.45) is 4.55. The van der Waals surface area contributed by atoms with E-state index in [0.29, 0.717) is 5.75 Å². The van der Waals surface area contributed by atoms with Crippen molar-refractivity contribution in [3.8, 4) is 39.4 Å². The lowest BCUT2D eigenvalue weighted by molar-refractivity contribution is 0.477. The fourth-order valence-electron chi connectivity index (χ4n) is 10.1. The monoisotopic (exact) mass is 776 g/mol. The van der Waals surface area contributed by atoms with Crippen LogP contribution < -0.4 is 0 Å². The molecule has 4 heterocycles. The lowest BCUT2D eigenvalue weighted by Gasteiger charge is -2.17. The highest BCUT2D eigenvalue weighted by molar-refractivity contribution is 7.26. The summed E-state index contributed by atoms with van der Waals surface area (Å²) < 4.78 is 13.8. The Labute approximate surface area is 343 Å². The Balaban J connectivity index is 0.970. The van der Waals surface area contributed by atoms with E-state index in [4.69, 9.17) is 4.42 Å². The van der Waals surface area contributed by atoms with Crippen LogP contribution in [-0.2, 0) is 12.8 Å². The molecule has 0 spiro atoms. The highest BCUT2D eigenvalue weighted by Crippen LogP contribution is 2.46. The number of aromatic nitrogens is 2. The molecule has 4 nitrogen and oxygen atoms in total. The standard InChI is InChI=1S/C54H36N2O2S/c57-49-18-7-3-12-37(49)34-10-9-11-35(28-34)56-46-17-6-2-15-41(46)53-48(56)25-23-40-44-31-36(22-27-52(44)59-54(40)53)55-45-16-5-1-13-38(45)42-29-32(20-24-47(42)55)33-21-26-51-43(30-33)39-14-4-8-19-50(39)58-51/h1,3-5,7-14,16,18-31,57H,2,6,15,17H2. The molecule has 0 saturated carbocycles. The molecule has 0 radical (unpaired) electrons. The first kappa shape index (κ1) is 32.9. The molecule has 0 fully saturated rings. The predicted octanol–water partition coefficient (Wildman–Crippen LogP) is 14.9. The van der Waals surface area contributed by atoms with Gasteiger partial charge in [0, 0.05) is 69.7 Å². The number of furan rings is 1. The minimum atomic E-state index is 0.304. The minimum Gasteiger partial charge on any atom is -0.507 e. The molecular weight excluding hydrogens is 741 g/mol. The van der Waals surface area contributed by atoms with Crippen molar-refractivity contribution < 1.29 is 9.52 Å². The third-order valence-corrected chi connectivity index (χ3v) is 14.0. The number of para-hydroxylation sites is 3. The largest absolute Gasteiger partial charge is 0.507 e. The molecule has 1 N–H and O–H groups in total. The third-order valence-electron chi connectivity index (χ3n) is 12.8. The maximum absolute atomic E-state index is 10.7. The van der Waals surface area contributed by atoms with Crippen molar-refractivity contribution in [3.63, 3.8) is 0 Å². The number of aromatic hydroxyl groups is 1. The lowest BCUT2D eigenvalue weighted by Crippen LogP contribution is -2.06. The van der Waals surface area contributed by atoms with Gasteiger partial charge in [0.15, 0.2) is 0 Å². The number of thiophene rings is 1. The number of fused-ring (bicyclic) bond motifs is 13. The summed E-state index contributed by atoms with van der Waals surface area (Å²) in [5.41, 5.74) is 15.0. The molecule has 8 aromatic carbocycles. The number of aryl methyl sites for hydroxylation is 1. The van der Waals surface area contributed by atoms with Gasteiger partial charge in [0.05, 0.1) is 16.6 Å². The molecule has 1 aliphatic rings. The van der Waals surface area contributed by atoms with Gasteiger partial charge in [-0.2, -0.15) is 0 Å². The minimum absolute atomic E-state index is 0.304. The summed E-state index contributed by atoms with van der Waals surface area (Å²) in [6, 6.07) is 58.6. The number of phenols is 1. The number of hydrogen-bond donors (Lipinski definition) is 1. The second-order valence-corrected chi connectivity index (χ2v) is 17.1. The maximum Gasteiger partial charge on any atom is 0.135 e. The van der Waals surface area contributed by atoms with Gasteiger partial charge in [-0.15, -0.1) is 11.3 Å². The highest BCUT2D eigenvalue weighted by atomic mass is 32.1. The van der Waals surface area contributed by atoms with Gasteiger partial charge in [0.2, 0.25) is 0 Å². The van der Waals surface area contributed by atoms with Crippen LogP contribution in [-0.4, -0.2) is 14.2 Å². The number of phenolic OH excluding ortho intramolecular Hbond substituents is 1. The van der Waals surface area contributed by atoms with E-state index in [1.54, 1.807) is 6.07 Å². The van der Waals surface area contributed by atoms with Gasteiger partial charge in [0.1, 0.15) is 16.9 Å². The highest BCUT2D eigenvalue weighted by Gasteiger charge is 2.25. The van der Waals surface area contributed by atoms with E-state index in [1.807, 2.05) is 41.7 Å². The molecular formula is C54H36N2O2S. The van der Waals surface area contributed by atoms with E-state index in [-0.39, 0.29) is 0 Å². The summed E-state index contributed by atoms with van der Waals surface area (Å²) in [5, 5.41) is 19.5. The number of benzene rings is 8. The van der Waals surface area contributed by atoms with Crippen molar-refractivity contribution in [3.05, 3.63) is 175 Å². The van der Waals surface area contributed by atoms with Crippen LogP contribution in [0.3, 0.4) is 0 Å². The van der Waals surface area contributed by atoms with Gasteiger partial charge in [0.25, 0.3) is 0 Å². The topological polar surface area (TPSA) is 43.2 Å². The molecule has 12 aromatic rings. The van der Waals surface area contributed by atoms with Crippen molar-refractivity contribution >= 4 is 86.2 Å². The SMILES string of the molecule is Oc1ccccc1-c1cccc(-n2c3c(c4c5sc6ccc(-n7c8ccccc8c8cc(-c9ccc%10oc%11ccccc%11c%10c9)ccc87)cc6c5ccc42)CCCC3)c1. The smallest absolute Gasteiger partial charge is 0.135 e. The molecule has 1 aliphatic carbocycles. The zero-order valence-electron chi connectivity index (χ0n) is 32.1. The van der Waals surface area contributed by atoms with E-state index in [1.165, 1.54) is 93.8 Å². The number of rotatable bonds is 4. The van der Waals surface area contributed by atoms with Gasteiger partial charge in [-0.25, -0.2) is 0 Å². The molecule has 13 rings (SSSR count). The summed E-state index contributed by atoms with van der Waals surface area (Å²) in [7, 11) is 0. The molecule has 59 heavy (non-hydrogen) atoms. The van der Waals surface area contributed by atoms with Crippen LogP contribution in [0.15, 0.2) is 168 Å². The summed E-state index contributed by atoms with van der Waals surface area (Å²) in [4.78, 5) is 0. The van der Waals surface area contributed by atoms with Crippen molar-refractivity contribution in [2.24, 2.45) is 0 Å². The molecule has 0 saturated heterocycles. The van der Waals surface area contributed by atoms with Gasteiger partial charge >= 0.3 is 0 Å². The molecule has 0 atom stereocenters. The van der Waals surface area contributed by atoms with Crippen LogP contribution in [0.5, 0.6) is 5.75 Å². The van der Waals surface area contributed by atoms with E-state index >= 15 is 0 Å². The Morgan fingerprint density at radius 3 is 2.15 bits per heavy atom. The van der Waals surface area contributed by atoms with Crippen molar-refractivity contribution in [1.29, 1.82) is 0 Å². The Hall–Kier alpha value is -7.08. The fourth-order valence-corrected chi connectivity index (χ4v) is 11.4. The number of nitrogens with zero attached hydrogens (tertiary/aromatic N) is 2. The van der Waals surface area contributed by atoms with Crippen LogP contribution >= 0.6 is 11.3 Å². The normalized spacial score (nSPS) is 13.2. The lowest BCUT2D eigenvalue weighted by atomic mass is 9.95. The molecule has 280 valence electrons. The third kappa shape index (κ3) is 4.83. The van der Waals surface area contributed by atoms with E-state index < -0.39 is 0 Å². The quantitative estimate of drug-likeness (QED) is 0.193. The molecule has 4 aromatic heterocycles. The molecule has 0 bridgehead atoms. The molecule has 5 heteroatoms. The zero-order chi connectivity index (χ0) is 38.8. The predicted molar refractivity (Wildman–Crippen MR) is 247 cm³/mol. The fraction of sp³-hybridized carbons (Fsp3) is 0.0741. The van der Waals surface area contributed by atoms with Gasteiger partial charge < -0.3 is 18.7 Å². The Kier molecular flexibility index (Phi) is 6.96. The van der Waals surface area contributed by atoms with E-state index in [2.05, 4.69) is 137 Å². The first-order valence-electron chi connectivity index (χ1n) is 20.5. The van der Waals surface area contributed by atoms with Gasteiger partial charge in [-0.1, -0.05) is 84.9 Å². The second kappa shape index (κ2) is 12.5. The number of hydrogen-bond acceptors (Lipinski definition) is 3. The van der Waals surface area contributed by atoms with Crippen molar-refractivity contribution in [2.75, 3.05) is 0 Å². The summed E-state index contributed by atoms with van der Waals surface area (Å²) >= 11 is 1.93. The average molecular weight is 777 g/mol. The molecule has 0 unspecified atom stereocenters. The maximum atomic E-state index is 10.7. The van der Waals surface area contributed by atoms with Crippen molar-refractivity contribution in [1.82, 2.24) is 9.13 Å².